The van der Waals surface area contributed by atoms with E-state index in [1.807, 2.05) is 35.0 Å². The van der Waals surface area contributed by atoms with E-state index >= 15 is 0 Å². The molecule has 0 aliphatic carbocycles. The van der Waals surface area contributed by atoms with E-state index in [9.17, 15) is 0 Å². The molecule has 2 nitrogen and oxygen atoms in total. The third-order valence-electron chi connectivity index (χ3n) is 2.85. The summed E-state index contributed by atoms with van der Waals surface area (Å²) in [6, 6.07) is 9.86. The second-order valence-electron chi connectivity index (χ2n) is 5.47. The largest absolute Gasteiger partial charge is 0.301 e. The van der Waals surface area contributed by atoms with E-state index in [-0.39, 0.29) is 5.41 Å². The summed E-state index contributed by atoms with van der Waals surface area (Å²) in [5.41, 5.74) is 2.41. The van der Waals surface area contributed by atoms with Crippen LogP contribution in [0.15, 0.2) is 30.3 Å². The molecule has 0 spiro atoms. The maximum absolute atomic E-state index is 5.87. The van der Waals surface area contributed by atoms with Crippen molar-refractivity contribution in [2.24, 2.45) is 0 Å². The molecule has 0 unspecified atom stereocenters. The topological polar surface area (TPSA) is 20.7 Å². The van der Waals surface area contributed by atoms with Crippen LogP contribution in [0.2, 0.25) is 5.02 Å². The maximum Gasteiger partial charge on any atom is 0.122 e. The lowest BCUT2D eigenvalue weighted by molar-refractivity contribution is 0.544. The Morgan fingerprint density at radius 3 is 2.33 bits per heavy atom. The Bertz CT molecular complexity index is 587. The zero-order valence-electron chi connectivity index (χ0n) is 10.8. The van der Waals surface area contributed by atoms with Gasteiger partial charge in [-0.05, 0) is 23.8 Å². The van der Waals surface area contributed by atoms with Crippen LogP contribution in [0.25, 0.3) is 0 Å². The minimum atomic E-state index is 0.0821. The number of hydrogen-bond acceptors (Lipinski definition) is 1. The monoisotopic (exact) mass is 280 g/mol. The van der Waals surface area contributed by atoms with Crippen molar-refractivity contribution in [3.8, 4) is 0 Å². The van der Waals surface area contributed by atoms with E-state index < -0.39 is 0 Å². The van der Waals surface area contributed by atoms with Gasteiger partial charge in [0.1, 0.15) is 4.64 Å². The van der Waals surface area contributed by atoms with Crippen LogP contribution in [0.4, 0.5) is 0 Å². The average Bonchev–Trinajstić information content (AvgIpc) is 2.63. The molecule has 96 valence electrons. The number of benzene rings is 1. The second kappa shape index (κ2) is 4.90. The lowest BCUT2D eigenvalue weighted by atomic mass is 9.93. The molecular formula is C14H17ClN2S. The van der Waals surface area contributed by atoms with Gasteiger partial charge in [0, 0.05) is 16.1 Å². The first-order valence-corrected chi connectivity index (χ1v) is 6.70. The molecule has 0 aliphatic heterocycles. The highest BCUT2D eigenvalue weighted by Gasteiger charge is 2.16. The van der Waals surface area contributed by atoms with Gasteiger partial charge >= 0.3 is 0 Å². The molecule has 2 aromatic rings. The summed E-state index contributed by atoms with van der Waals surface area (Å²) in [5, 5.41) is 4.12. The lowest BCUT2D eigenvalue weighted by Crippen LogP contribution is -2.13. The molecular weight excluding hydrogens is 264 g/mol. The summed E-state index contributed by atoms with van der Waals surface area (Å²) in [4.78, 5) is 0. The highest BCUT2D eigenvalue weighted by molar-refractivity contribution is 7.71. The zero-order chi connectivity index (χ0) is 13.3. The SMILES string of the molecule is CC(C)(C)c1cc(=S)n(Cc2ccc(Cl)cc2)[nH]1. The Hall–Kier alpha value is -1.06. The summed E-state index contributed by atoms with van der Waals surface area (Å²) < 4.78 is 2.81. The second-order valence-corrected chi connectivity index (χ2v) is 6.33. The molecule has 0 bridgehead atoms. The van der Waals surface area contributed by atoms with Crippen molar-refractivity contribution in [3.05, 3.63) is 51.3 Å². The van der Waals surface area contributed by atoms with Gasteiger partial charge in [-0.25, -0.2) is 0 Å². The number of rotatable bonds is 2. The number of halogens is 1. The smallest absolute Gasteiger partial charge is 0.122 e. The number of aromatic nitrogens is 2. The highest BCUT2D eigenvalue weighted by atomic mass is 35.5. The number of nitrogens with zero attached hydrogens (tertiary/aromatic N) is 1. The fourth-order valence-corrected chi connectivity index (χ4v) is 2.06. The Balaban J connectivity index is 2.27. The van der Waals surface area contributed by atoms with Crippen LogP contribution >= 0.6 is 23.8 Å². The number of H-pyrrole nitrogens is 1. The first kappa shape index (κ1) is 13.4. The van der Waals surface area contributed by atoms with Gasteiger partial charge in [-0.2, -0.15) is 0 Å². The first-order valence-electron chi connectivity index (χ1n) is 5.91. The quantitative estimate of drug-likeness (QED) is 0.801. The molecule has 4 heteroatoms. The molecule has 0 radical (unpaired) electrons. The maximum atomic E-state index is 5.87. The van der Waals surface area contributed by atoms with E-state index in [1.165, 1.54) is 5.56 Å². The minimum Gasteiger partial charge on any atom is -0.301 e. The van der Waals surface area contributed by atoms with Crippen LogP contribution in [-0.2, 0) is 12.0 Å². The first-order chi connectivity index (χ1) is 8.36. The normalized spacial score (nSPS) is 11.8. The molecule has 1 aromatic heterocycles. The van der Waals surface area contributed by atoms with E-state index in [0.717, 1.165) is 21.9 Å². The van der Waals surface area contributed by atoms with Crippen molar-refractivity contribution in [1.82, 2.24) is 9.78 Å². The average molecular weight is 281 g/mol. The van der Waals surface area contributed by atoms with Crippen LogP contribution in [0.5, 0.6) is 0 Å². The number of aromatic amines is 1. The highest BCUT2D eigenvalue weighted by Crippen LogP contribution is 2.21. The Morgan fingerprint density at radius 1 is 1.22 bits per heavy atom. The van der Waals surface area contributed by atoms with E-state index in [2.05, 4.69) is 25.9 Å². The van der Waals surface area contributed by atoms with Crippen molar-refractivity contribution >= 4 is 23.8 Å². The van der Waals surface area contributed by atoms with Crippen LogP contribution in [0.3, 0.4) is 0 Å². The number of nitrogens with one attached hydrogen (secondary N) is 1. The third kappa shape index (κ3) is 3.03. The van der Waals surface area contributed by atoms with Crippen LogP contribution in [0.1, 0.15) is 32.0 Å². The van der Waals surface area contributed by atoms with Crippen molar-refractivity contribution < 1.29 is 0 Å². The van der Waals surface area contributed by atoms with E-state index in [0.29, 0.717) is 0 Å². The van der Waals surface area contributed by atoms with E-state index in [4.69, 9.17) is 23.8 Å². The summed E-state index contributed by atoms with van der Waals surface area (Å²) in [6.07, 6.45) is 0. The number of hydrogen-bond donors (Lipinski definition) is 1. The fraction of sp³-hybridized carbons (Fsp3) is 0.357. The van der Waals surface area contributed by atoms with Crippen molar-refractivity contribution in [2.75, 3.05) is 0 Å². The third-order valence-corrected chi connectivity index (χ3v) is 3.44. The zero-order valence-corrected chi connectivity index (χ0v) is 12.4. The molecule has 0 saturated heterocycles. The molecule has 0 amide bonds. The van der Waals surface area contributed by atoms with Crippen molar-refractivity contribution in [2.45, 2.75) is 32.7 Å². The lowest BCUT2D eigenvalue weighted by Gasteiger charge is -2.15. The molecule has 0 atom stereocenters. The van der Waals surface area contributed by atoms with Gasteiger partial charge in [0.2, 0.25) is 0 Å². The summed E-state index contributed by atoms with van der Waals surface area (Å²) >= 11 is 11.2. The van der Waals surface area contributed by atoms with Crippen LogP contribution in [-0.4, -0.2) is 9.78 Å². The predicted molar refractivity (Wildman–Crippen MR) is 78.9 cm³/mol. The summed E-state index contributed by atoms with van der Waals surface area (Å²) in [6.45, 7) is 7.24. The van der Waals surface area contributed by atoms with Crippen LogP contribution in [0, 0.1) is 4.64 Å². The molecule has 2 rings (SSSR count). The van der Waals surface area contributed by atoms with Gasteiger partial charge in [-0.1, -0.05) is 56.7 Å². The van der Waals surface area contributed by atoms with Crippen molar-refractivity contribution in [1.29, 1.82) is 0 Å². The van der Waals surface area contributed by atoms with Gasteiger partial charge in [-0.3, -0.25) is 4.68 Å². The standard InChI is InChI=1S/C14H17ClN2S/c1-14(2,3)12-8-13(18)17(16-12)9-10-4-6-11(15)7-5-10/h4-8,16H,9H2,1-3H3. The summed E-state index contributed by atoms with van der Waals surface area (Å²) in [7, 11) is 0. The summed E-state index contributed by atoms with van der Waals surface area (Å²) in [5.74, 6) is 0. The molecule has 18 heavy (non-hydrogen) atoms. The molecule has 1 aromatic carbocycles. The Kier molecular flexibility index (Phi) is 3.64. The molecule has 0 fully saturated rings. The molecule has 1 heterocycles. The van der Waals surface area contributed by atoms with Gasteiger partial charge in [-0.15, -0.1) is 0 Å². The molecule has 0 aliphatic rings. The Morgan fingerprint density at radius 2 is 1.83 bits per heavy atom. The fourth-order valence-electron chi connectivity index (χ4n) is 1.71. The van der Waals surface area contributed by atoms with Gasteiger partial charge in [0.05, 0.1) is 6.54 Å². The van der Waals surface area contributed by atoms with Gasteiger partial charge < -0.3 is 5.10 Å². The predicted octanol–water partition coefficient (Wildman–Crippen LogP) is 4.54. The molecule has 1 N–H and O–H groups in total. The Labute approximate surface area is 118 Å². The van der Waals surface area contributed by atoms with Gasteiger partial charge in [0.25, 0.3) is 0 Å². The van der Waals surface area contributed by atoms with Crippen LogP contribution < -0.4 is 0 Å². The minimum absolute atomic E-state index is 0.0821. The van der Waals surface area contributed by atoms with E-state index in [1.54, 1.807) is 0 Å². The molecule has 0 saturated carbocycles. The van der Waals surface area contributed by atoms with Gasteiger partial charge in [0.15, 0.2) is 0 Å². The van der Waals surface area contributed by atoms with Crippen molar-refractivity contribution in [3.63, 3.8) is 0 Å².